The average molecular weight is 472 g/mol. The molecule has 2 aromatic heterocycles. The Kier molecular flexibility index (Phi) is 5.29. The van der Waals surface area contributed by atoms with E-state index in [1.54, 1.807) is 23.1 Å². The summed E-state index contributed by atoms with van der Waals surface area (Å²) in [5, 5.41) is 8.85. The molecule has 3 N–H and O–H groups in total. The van der Waals surface area contributed by atoms with E-state index in [1.807, 2.05) is 24.3 Å². The molecule has 0 atom stereocenters. The summed E-state index contributed by atoms with van der Waals surface area (Å²) in [6, 6.07) is 12.6. The van der Waals surface area contributed by atoms with E-state index in [4.69, 9.17) is 10.5 Å². The molecule has 0 unspecified atom stereocenters. The molecule has 0 aliphatic carbocycles. The van der Waals surface area contributed by atoms with Gasteiger partial charge in [-0.15, -0.1) is 10.2 Å². The number of carbonyl (C=O) groups excluding carboxylic acids is 2. The van der Waals surface area contributed by atoms with E-state index in [1.165, 1.54) is 0 Å². The molecule has 6 rings (SSSR count). The van der Waals surface area contributed by atoms with Gasteiger partial charge in [0, 0.05) is 43.3 Å². The fraction of sp³-hybridized carbons (Fsp3) is 0.320. The highest BCUT2D eigenvalue weighted by molar-refractivity contribution is 6.04. The number of fused-ring (bicyclic) bond motifs is 2. The molecule has 178 valence electrons. The first-order valence-corrected chi connectivity index (χ1v) is 11.8. The van der Waals surface area contributed by atoms with Crippen LogP contribution in [0, 0.1) is 0 Å². The van der Waals surface area contributed by atoms with Crippen LogP contribution in [0.25, 0.3) is 22.4 Å². The van der Waals surface area contributed by atoms with E-state index in [2.05, 4.69) is 24.7 Å². The summed E-state index contributed by atoms with van der Waals surface area (Å²) in [5.41, 5.74) is 8.40. The lowest BCUT2D eigenvalue weighted by atomic mass is 9.99. The van der Waals surface area contributed by atoms with Gasteiger partial charge in [-0.1, -0.05) is 18.2 Å². The number of hydrogen-bond acceptors (Lipinski definition) is 6. The first kappa shape index (κ1) is 21.5. The molecule has 10 heteroatoms. The highest BCUT2D eigenvalue weighted by Crippen LogP contribution is 2.28. The van der Waals surface area contributed by atoms with Crippen molar-refractivity contribution in [2.75, 3.05) is 19.8 Å². The zero-order valence-corrected chi connectivity index (χ0v) is 19.1. The minimum Gasteiger partial charge on any atom is -0.381 e. The number of amides is 2. The molecule has 1 fully saturated rings. The molecule has 35 heavy (non-hydrogen) atoms. The molecule has 4 heterocycles. The average Bonchev–Trinajstić information content (AvgIpc) is 3.53. The number of primary amides is 1. The summed E-state index contributed by atoms with van der Waals surface area (Å²) in [7, 11) is 0. The number of benzene rings is 2. The molecule has 2 aliphatic heterocycles. The number of hydrogen-bond donors (Lipinski definition) is 2. The normalized spacial score (nSPS) is 16.4. The third kappa shape index (κ3) is 3.85. The SMILES string of the molecule is NC(=O)c1cccc2[nH]c(-c3cccc(C(=O)N4CCn5c(nnc5C5CCOCC5)C4)c3)nc12. The monoisotopic (exact) mass is 471 g/mol. The van der Waals surface area contributed by atoms with Gasteiger partial charge in [0.1, 0.15) is 17.2 Å². The van der Waals surface area contributed by atoms with Crippen LogP contribution >= 0.6 is 0 Å². The number of nitrogens with zero attached hydrogens (tertiary/aromatic N) is 5. The van der Waals surface area contributed by atoms with Crippen molar-refractivity contribution >= 4 is 22.8 Å². The van der Waals surface area contributed by atoms with Crippen LogP contribution < -0.4 is 5.73 Å². The largest absolute Gasteiger partial charge is 0.381 e. The van der Waals surface area contributed by atoms with E-state index in [-0.39, 0.29) is 5.91 Å². The Morgan fingerprint density at radius 3 is 2.71 bits per heavy atom. The quantitative estimate of drug-likeness (QED) is 0.470. The fourth-order valence-corrected chi connectivity index (χ4v) is 4.96. The Balaban J connectivity index is 1.24. The van der Waals surface area contributed by atoms with E-state index in [0.29, 0.717) is 53.5 Å². The second-order valence-corrected chi connectivity index (χ2v) is 8.97. The number of para-hydroxylation sites is 1. The Labute approximate surface area is 201 Å². The summed E-state index contributed by atoms with van der Waals surface area (Å²) < 4.78 is 7.64. The number of carbonyl (C=O) groups is 2. The molecule has 0 spiro atoms. The molecule has 2 aliphatic rings. The molecule has 4 aromatic rings. The van der Waals surface area contributed by atoms with Crippen LogP contribution in [-0.4, -0.2) is 61.2 Å². The van der Waals surface area contributed by atoms with Crippen molar-refractivity contribution in [2.45, 2.75) is 31.8 Å². The van der Waals surface area contributed by atoms with Crippen LogP contribution in [0.5, 0.6) is 0 Å². The van der Waals surface area contributed by atoms with Gasteiger partial charge < -0.3 is 24.9 Å². The predicted octanol–water partition coefficient (Wildman–Crippen LogP) is 2.47. The zero-order chi connectivity index (χ0) is 23.9. The van der Waals surface area contributed by atoms with Crippen LogP contribution in [0.1, 0.15) is 51.1 Å². The van der Waals surface area contributed by atoms with Gasteiger partial charge in [-0.2, -0.15) is 0 Å². The van der Waals surface area contributed by atoms with Crippen molar-refractivity contribution in [2.24, 2.45) is 5.73 Å². The van der Waals surface area contributed by atoms with E-state index in [9.17, 15) is 9.59 Å². The minimum absolute atomic E-state index is 0.0670. The first-order chi connectivity index (χ1) is 17.1. The van der Waals surface area contributed by atoms with Gasteiger partial charge in [0.25, 0.3) is 11.8 Å². The lowest BCUT2D eigenvalue weighted by Gasteiger charge is -2.29. The number of imidazole rings is 1. The van der Waals surface area contributed by atoms with Crippen molar-refractivity contribution in [1.29, 1.82) is 0 Å². The molecule has 2 amide bonds. The fourth-order valence-electron chi connectivity index (χ4n) is 4.96. The third-order valence-corrected chi connectivity index (χ3v) is 6.82. The number of aromatic amines is 1. The maximum Gasteiger partial charge on any atom is 0.254 e. The van der Waals surface area contributed by atoms with Gasteiger partial charge in [-0.05, 0) is 37.1 Å². The van der Waals surface area contributed by atoms with Crippen molar-refractivity contribution < 1.29 is 14.3 Å². The molecule has 0 radical (unpaired) electrons. The number of ether oxygens (including phenoxy) is 1. The second-order valence-electron chi connectivity index (χ2n) is 8.97. The van der Waals surface area contributed by atoms with Crippen LogP contribution in [0.2, 0.25) is 0 Å². The zero-order valence-electron chi connectivity index (χ0n) is 19.1. The lowest BCUT2D eigenvalue weighted by Crippen LogP contribution is -2.39. The Bertz CT molecular complexity index is 1430. The molecular weight excluding hydrogens is 446 g/mol. The summed E-state index contributed by atoms with van der Waals surface area (Å²) >= 11 is 0. The van der Waals surface area contributed by atoms with E-state index >= 15 is 0 Å². The predicted molar refractivity (Wildman–Crippen MR) is 128 cm³/mol. The number of nitrogens with two attached hydrogens (primary N) is 1. The van der Waals surface area contributed by atoms with Gasteiger partial charge in [0.2, 0.25) is 0 Å². The summed E-state index contributed by atoms with van der Waals surface area (Å²) in [6.07, 6.45) is 1.91. The number of aromatic nitrogens is 5. The third-order valence-electron chi connectivity index (χ3n) is 6.82. The topological polar surface area (TPSA) is 132 Å². The number of rotatable bonds is 4. The Hall–Kier alpha value is -4.05. The highest BCUT2D eigenvalue weighted by atomic mass is 16.5. The first-order valence-electron chi connectivity index (χ1n) is 11.8. The molecule has 2 aromatic carbocycles. The summed E-state index contributed by atoms with van der Waals surface area (Å²) in [6.45, 7) is 3.20. The highest BCUT2D eigenvalue weighted by Gasteiger charge is 2.29. The van der Waals surface area contributed by atoms with Gasteiger partial charge in [-0.3, -0.25) is 9.59 Å². The Morgan fingerprint density at radius 1 is 1.06 bits per heavy atom. The van der Waals surface area contributed by atoms with E-state index in [0.717, 1.165) is 43.3 Å². The molecular formula is C25H25N7O3. The smallest absolute Gasteiger partial charge is 0.254 e. The number of H-pyrrole nitrogens is 1. The lowest BCUT2D eigenvalue weighted by molar-refractivity contribution is 0.0698. The summed E-state index contributed by atoms with van der Waals surface area (Å²) in [4.78, 5) is 34.8. The maximum absolute atomic E-state index is 13.4. The minimum atomic E-state index is -0.532. The standard InChI is InChI=1S/C25H25N7O3/c26-22(33)18-5-2-6-19-21(18)28-23(27-19)16-3-1-4-17(13-16)25(34)31-9-10-32-20(14-31)29-30-24(32)15-7-11-35-12-8-15/h1-6,13,15H,7-12,14H2,(H2,26,33)(H,27,28). The van der Waals surface area contributed by atoms with E-state index < -0.39 is 5.91 Å². The van der Waals surface area contributed by atoms with Crippen molar-refractivity contribution in [3.8, 4) is 11.4 Å². The maximum atomic E-state index is 13.4. The van der Waals surface area contributed by atoms with Crippen LogP contribution in [-0.2, 0) is 17.8 Å². The van der Waals surface area contributed by atoms with Gasteiger partial charge >= 0.3 is 0 Å². The summed E-state index contributed by atoms with van der Waals surface area (Å²) in [5.74, 6) is 2.17. The number of nitrogens with one attached hydrogen (secondary N) is 1. The van der Waals surface area contributed by atoms with Crippen LogP contribution in [0.15, 0.2) is 42.5 Å². The van der Waals surface area contributed by atoms with Gasteiger partial charge in [0.05, 0.1) is 17.6 Å². The Morgan fingerprint density at radius 2 is 1.89 bits per heavy atom. The molecule has 10 nitrogen and oxygen atoms in total. The van der Waals surface area contributed by atoms with Crippen LogP contribution in [0.3, 0.4) is 0 Å². The van der Waals surface area contributed by atoms with Crippen molar-refractivity contribution in [3.63, 3.8) is 0 Å². The molecule has 1 saturated heterocycles. The van der Waals surface area contributed by atoms with Crippen molar-refractivity contribution in [1.82, 2.24) is 29.6 Å². The second kappa shape index (κ2) is 8.62. The van der Waals surface area contributed by atoms with Crippen molar-refractivity contribution in [3.05, 3.63) is 65.2 Å². The van der Waals surface area contributed by atoms with Crippen LogP contribution in [0.4, 0.5) is 0 Å². The molecule has 0 saturated carbocycles. The van der Waals surface area contributed by atoms with Gasteiger partial charge in [-0.25, -0.2) is 4.98 Å². The molecule has 0 bridgehead atoms. The van der Waals surface area contributed by atoms with Gasteiger partial charge in [0.15, 0.2) is 5.82 Å².